The molecule has 3 nitrogen and oxygen atoms in total. The van der Waals surface area contributed by atoms with Gasteiger partial charge in [-0.05, 0) is 18.3 Å². The van der Waals surface area contributed by atoms with Gasteiger partial charge < -0.3 is 15.7 Å². The minimum atomic E-state index is -0.0718. The second-order valence-electron chi connectivity index (χ2n) is 4.61. The molecule has 0 aromatic heterocycles. The van der Waals surface area contributed by atoms with Gasteiger partial charge in [-0.15, -0.1) is 0 Å². The largest absolute Gasteiger partial charge is 0.395 e. The SMILES string of the molecule is CC1CC(C)CN(CC(N)CO)C1. The van der Waals surface area contributed by atoms with Crippen LogP contribution in [0.1, 0.15) is 20.3 Å². The van der Waals surface area contributed by atoms with Crippen molar-refractivity contribution in [3.8, 4) is 0 Å². The maximum Gasteiger partial charge on any atom is 0.0595 e. The molecule has 0 radical (unpaired) electrons. The van der Waals surface area contributed by atoms with Crippen molar-refractivity contribution >= 4 is 0 Å². The number of likely N-dealkylation sites (tertiary alicyclic amines) is 1. The highest BCUT2D eigenvalue weighted by molar-refractivity contribution is 4.77. The molecule has 1 aliphatic heterocycles. The number of rotatable bonds is 3. The highest BCUT2D eigenvalue weighted by Crippen LogP contribution is 2.20. The average Bonchev–Trinajstić information content (AvgIpc) is 2.02. The lowest BCUT2D eigenvalue weighted by Crippen LogP contribution is -2.46. The van der Waals surface area contributed by atoms with Gasteiger partial charge in [0.15, 0.2) is 0 Å². The maximum atomic E-state index is 8.85. The Morgan fingerprint density at radius 2 is 1.92 bits per heavy atom. The van der Waals surface area contributed by atoms with Gasteiger partial charge in [-0.2, -0.15) is 0 Å². The van der Waals surface area contributed by atoms with Crippen molar-refractivity contribution in [1.82, 2.24) is 4.90 Å². The third kappa shape index (κ3) is 3.63. The van der Waals surface area contributed by atoms with E-state index in [1.807, 2.05) is 0 Å². The predicted octanol–water partition coefficient (Wildman–Crippen LogP) is 0.284. The van der Waals surface area contributed by atoms with Crippen molar-refractivity contribution in [2.75, 3.05) is 26.2 Å². The normalized spacial score (nSPS) is 33.2. The molecule has 1 aliphatic rings. The topological polar surface area (TPSA) is 49.5 Å². The first-order valence-electron chi connectivity index (χ1n) is 5.20. The molecular weight excluding hydrogens is 164 g/mol. The Kier molecular flexibility index (Phi) is 4.16. The Bertz CT molecular complexity index is 142. The van der Waals surface area contributed by atoms with E-state index >= 15 is 0 Å². The molecule has 3 heteroatoms. The Labute approximate surface area is 80.9 Å². The van der Waals surface area contributed by atoms with Crippen molar-refractivity contribution in [3.63, 3.8) is 0 Å². The molecule has 3 N–H and O–H groups in total. The lowest BCUT2D eigenvalue weighted by atomic mass is 9.92. The number of piperidine rings is 1. The van der Waals surface area contributed by atoms with Crippen molar-refractivity contribution in [2.45, 2.75) is 26.3 Å². The highest BCUT2D eigenvalue weighted by Gasteiger charge is 2.22. The molecule has 0 amide bonds. The quantitative estimate of drug-likeness (QED) is 0.666. The fraction of sp³-hybridized carbons (Fsp3) is 1.00. The number of nitrogens with zero attached hydrogens (tertiary/aromatic N) is 1. The van der Waals surface area contributed by atoms with Crippen LogP contribution < -0.4 is 5.73 Å². The third-order valence-electron chi connectivity index (χ3n) is 2.67. The monoisotopic (exact) mass is 186 g/mol. The van der Waals surface area contributed by atoms with Crippen LogP contribution in [0, 0.1) is 11.8 Å². The molecule has 1 saturated heterocycles. The van der Waals surface area contributed by atoms with E-state index in [4.69, 9.17) is 10.8 Å². The molecule has 3 atom stereocenters. The summed E-state index contributed by atoms with van der Waals surface area (Å²) in [6, 6.07) is -0.0718. The molecule has 13 heavy (non-hydrogen) atoms. The lowest BCUT2D eigenvalue weighted by molar-refractivity contribution is 0.121. The summed E-state index contributed by atoms with van der Waals surface area (Å²) in [6.45, 7) is 7.78. The zero-order valence-corrected chi connectivity index (χ0v) is 8.74. The lowest BCUT2D eigenvalue weighted by Gasteiger charge is -2.36. The standard InChI is InChI=1S/C10H22N2O/c1-8-3-9(2)5-12(4-8)6-10(11)7-13/h8-10,13H,3-7,11H2,1-2H3. The maximum absolute atomic E-state index is 8.85. The van der Waals surface area contributed by atoms with Gasteiger partial charge in [0.2, 0.25) is 0 Å². The molecule has 78 valence electrons. The molecule has 0 aliphatic carbocycles. The predicted molar refractivity (Wildman–Crippen MR) is 54.4 cm³/mol. The van der Waals surface area contributed by atoms with Gasteiger partial charge >= 0.3 is 0 Å². The third-order valence-corrected chi connectivity index (χ3v) is 2.67. The Balaban J connectivity index is 2.32. The summed E-state index contributed by atoms with van der Waals surface area (Å²) in [5.74, 6) is 1.55. The smallest absolute Gasteiger partial charge is 0.0595 e. The van der Waals surface area contributed by atoms with E-state index in [1.54, 1.807) is 0 Å². The van der Waals surface area contributed by atoms with E-state index in [0.717, 1.165) is 31.5 Å². The molecule has 1 fully saturated rings. The van der Waals surface area contributed by atoms with Crippen LogP contribution in [-0.2, 0) is 0 Å². The highest BCUT2D eigenvalue weighted by atomic mass is 16.3. The first-order chi connectivity index (χ1) is 6.11. The number of nitrogens with two attached hydrogens (primary N) is 1. The second kappa shape index (κ2) is 4.94. The van der Waals surface area contributed by atoms with E-state index in [9.17, 15) is 0 Å². The molecule has 0 spiro atoms. The summed E-state index contributed by atoms with van der Waals surface area (Å²) in [5.41, 5.74) is 5.70. The first kappa shape index (κ1) is 11.0. The van der Waals surface area contributed by atoms with Crippen molar-refractivity contribution in [2.24, 2.45) is 17.6 Å². The van der Waals surface area contributed by atoms with Crippen molar-refractivity contribution in [1.29, 1.82) is 0 Å². The summed E-state index contributed by atoms with van der Waals surface area (Å²) in [6.07, 6.45) is 1.32. The molecule has 0 aromatic rings. The van der Waals surface area contributed by atoms with Crippen LogP contribution in [0.2, 0.25) is 0 Å². The van der Waals surface area contributed by atoms with E-state index in [1.165, 1.54) is 6.42 Å². The van der Waals surface area contributed by atoms with E-state index in [2.05, 4.69) is 18.7 Å². The fourth-order valence-electron chi connectivity index (χ4n) is 2.33. The summed E-state index contributed by atoms with van der Waals surface area (Å²) < 4.78 is 0. The summed E-state index contributed by atoms with van der Waals surface area (Å²) in [7, 11) is 0. The van der Waals surface area contributed by atoms with Crippen LogP contribution in [-0.4, -0.2) is 42.3 Å². The number of hydrogen-bond donors (Lipinski definition) is 2. The van der Waals surface area contributed by atoms with Crippen LogP contribution in [0.4, 0.5) is 0 Å². The molecule has 0 bridgehead atoms. The van der Waals surface area contributed by atoms with E-state index < -0.39 is 0 Å². The minimum absolute atomic E-state index is 0.0718. The summed E-state index contributed by atoms with van der Waals surface area (Å²) >= 11 is 0. The summed E-state index contributed by atoms with van der Waals surface area (Å²) in [4.78, 5) is 2.37. The van der Waals surface area contributed by atoms with Gasteiger partial charge in [0.05, 0.1) is 6.61 Å². The minimum Gasteiger partial charge on any atom is -0.395 e. The van der Waals surface area contributed by atoms with Crippen LogP contribution >= 0.6 is 0 Å². The van der Waals surface area contributed by atoms with Crippen LogP contribution in [0.25, 0.3) is 0 Å². The van der Waals surface area contributed by atoms with E-state index in [-0.39, 0.29) is 12.6 Å². The van der Waals surface area contributed by atoms with Gasteiger partial charge in [-0.1, -0.05) is 13.8 Å². The van der Waals surface area contributed by atoms with Gasteiger partial charge in [-0.3, -0.25) is 0 Å². The molecule has 0 aromatic carbocycles. The van der Waals surface area contributed by atoms with Gasteiger partial charge in [-0.25, -0.2) is 0 Å². The molecule has 3 unspecified atom stereocenters. The zero-order valence-electron chi connectivity index (χ0n) is 8.74. The zero-order chi connectivity index (χ0) is 9.84. The molecular formula is C10H22N2O. The number of aliphatic hydroxyl groups excluding tert-OH is 1. The average molecular weight is 186 g/mol. The Hall–Kier alpha value is -0.120. The van der Waals surface area contributed by atoms with Crippen LogP contribution in [0.15, 0.2) is 0 Å². The molecule has 0 saturated carbocycles. The fourth-order valence-corrected chi connectivity index (χ4v) is 2.33. The Morgan fingerprint density at radius 3 is 2.38 bits per heavy atom. The van der Waals surface area contributed by atoms with E-state index in [0.29, 0.717) is 0 Å². The van der Waals surface area contributed by atoms with Crippen molar-refractivity contribution < 1.29 is 5.11 Å². The van der Waals surface area contributed by atoms with Crippen LogP contribution in [0.5, 0.6) is 0 Å². The summed E-state index contributed by atoms with van der Waals surface area (Å²) in [5, 5.41) is 8.85. The molecule has 1 heterocycles. The number of aliphatic hydroxyl groups is 1. The molecule has 1 rings (SSSR count). The van der Waals surface area contributed by atoms with Crippen LogP contribution in [0.3, 0.4) is 0 Å². The van der Waals surface area contributed by atoms with Gasteiger partial charge in [0, 0.05) is 25.7 Å². The first-order valence-corrected chi connectivity index (χ1v) is 5.20. The van der Waals surface area contributed by atoms with Gasteiger partial charge in [0.25, 0.3) is 0 Å². The van der Waals surface area contributed by atoms with Crippen molar-refractivity contribution in [3.05, 3.63) is 0 Å². The number of hydrogen-bond acceptors (Lipinski definition) is 3. The van der Waals surface area contributed by atoms with Gasteiger partial charge in [0.1, 0.15) is 0 Å². The Morgan fingerprint density at radius 1 is 1.38 bits per heavy atom. The second-order valence-corrected chi connectivity index (χ2v) is 4.61.